The number of benzene rings is 1. The van der Waals surface area contributed by atoms with Crippen LogP contribution in [0.3, 0.4) is 0 Å². The highest BCUT2D eigenvalue weighted by Crippen LogP contribution is 2.16. The molecule has 0 bridgehead atoms. The van der Waals surface area contributed by atoms with Gasteiger partial charge in [0.25, 0.3) is 0 Å². The predicted molar refractivity (Wildman–Crippen MR) is 87.6 cm³/mol. The predicted octanol–water partition coefficient (Wildman–Crippen LogP) is 2.78. The van der Waals surface area contributed by atoms with Gasteiger partial charge in [0.05, 0.1) is 6.26 Å². The van der Waals surface area contributed by atoms with Crippen LogP contribution in [0.5, 0.6) is 5.75 Å². The molecule has 0 heterocycles. The Balaban J connectivity index is 2.78. The second-order valence-corrected chi connectivity index (χ2v) is 7.39. The first kappa shape index (κ1) is 18.8. The first-order valence-electron chi connectivity index (χ1n) is 7.14. The average Bonchev–Trinajstić information content (AvgIpc) is 2.42. The molecule has 1 unspecified atom stereocenters. The number of nitrogens with zero attached hydrogens (tertiary/aromatic N) is 1. The van der Waals surface area contributed by atoms with E-state index in [1.807, 2.05) is 0 Å². The van der Waals surface area contributed by atoms with Gasteiger partial charge in [-0.25, -0.2) is 0 Å². The zero-order valence-corrected chi connectivity index (χ0v) is 14.7. The Morgan fingerprint density at radius 1 is 1.32 bits per heavy atom. The van der Waals surface area contributed by atoms with E-state index in [1.54, 1.807) is 36.1 Å². The fourth-order valence-electron chi connectivity index (χ4n) is 1.91. The SMILES string of the molecule is CCCCN(Cc1ccc(OS(C)(=O)=O)cc1)C(=O)C(C)Cl. The molecule has 1 atom stereocenters. The number of amides is 1. The van der Waals surface area contributed by atoms with Crippen LogP contribution in [0.2, 0.25) is 0 Å². The number of rotatable bonds is 8. The van der Waals surface area contributed by atoms with Gasteiger partial charge in [0.2, 0.25) is 5.91 Å². The van der Waals surface area contributed by atoms with Crippen LogP contribution < -0.4 is 4.18 Å². The van der Waals surface area contributed by atoms with Crippen LogP contribution in [0.25, 0.3) is 0 Å². The summed E-state index contributed by atoms with van der Waals surface area (Å²) in [6, 6.07) is 6.63. The Hall–Kier alpha value is -1.27. The Morgan fingerprint density at radius 3 is 2.36 bits per heavy atom. The van der Waals surface area contributed by atoms with Crippen molar-refractivity contribution in [2.24, 2.45) is 0 Å². The van der Waals surface area contributed by atoms with Gasteiger partial charge in [-0.3, -0.25) is 4.79 Å². The third-order valence-corrected chi connectivity index (χ3v) is 3.66. The Labute approximate surface area is 137 Å². The van der Waals surface area contributed by atoms with Crippen molar-refractivity contribution in [2.45, 2.75) is 38.6 Å². The molecule has 1 rings (SSSR count). The first-order valence-corrected chi connectivity index (χ1v) is 9.39. The van der Waals surface area contributed by atoms with Crippen LogP contribution in [-0.2, 0) is 21.5 Å². The highest BCUT2D eigenvalue weighted by molar-refractivity contribution is 7.86. The lowest BCUT2D eigenvalue weighted by molar-refractivity contribution is -0.131. The third kappa shape index (κ3) is 6.66. The van der Waals surface area contributed by atoms with Gasteiger partial charge in [-0.2, -0.15) is 8.42 Å². The molecule has 124 valence electrons. The monoisotopic (exact) mass is 347 g/mol. The Morgan fingerprint density at radius 2 is 1.91 bits per heavy atom. The van der Waals surface area contributed by atoms with Crippen molar-refractivity contribution in [1.29, 1.82) is 0 Å². The molecule has 0 radical (unpaired) electrons. The minimum atomic E-state index is -3.53. The van der Waals surface area contributed by atoms with Crippen molar-refractivity contribution in [3.63, 3.8) is 0 Å². The molecule has 1 aromatic rings. The van der Waals surface area contributed by atoms with Crippen molar-refractivity contribution in [3.8, 4) is 5.75 Å². The number of hydrogen-bond acceptors (Lipinski definition) is 4. The fourth-order valence-corrected chi connectivity index (χ4v) is 2.51. The fraction of sp³-hybridized carbons (Fsp3) is 0.533. The van der Waals surface area contributed by atoms with Crippen LogP contribution in [0.1, 0.15) is 32.3 Å². The van der Waals surface area contributed by atoms with Gasteiger partial charge < -0.3 is 9.08 Å². The van der Waals surface area contributed by atoms with Crippen LogP contribution >= 0.6 is 11.6 Å². The molecule has 5 nitrogen and oxygen atoms in total. The summed E-state index contributed by atoms with van der Waals surface area (Å²) < 4.78 is 26.9. The van der Waals surface area contributed by atoms with E-state index in [2.05, 4.69) is 6.92 Å². The summed E-state index contributed by atoms with van der Waals surface area (Å²) in [6.07, 6.45) is 2.89. The van der Waals surface area contributed by atoms with E-state index in [0.717, 1.165) is 24.7 Å². The van der Waals surface area contributed by atoms with E-state index < -0.39 is 15.5 Å². The van der Waals surface area contributed by atoms with Crippen LogP contribution in [0.4, 0.5) is 0 Å². The molecule has 1 amide bonds. The molecule has 0 aromatic heterocycles. The molecule has 0 fully saturated rings. The molecule has 0 saturated heterocycles. The third-order valence-electron chi connectivity index (χ3n) is 2.98. The maximum absolute atomic E-state index is 12.1. The number of carbonyl (C=O) groups excluding carboxylic acids is 1. The van der Waals surface area contributed by atoms with Gasteiger partial charge in [-0.15, -0.1) is 11.6 Å². The molecular formula is C15H22ClNO4S. The van der Waals surface area contributed by atoms with E-state index >= 15 is 0 Å². The van der Waals surface area contributed by atoms with Crippen LogP contribution in [0, 0.1) is 0 Å². The largest absolute Gasteiger partial charge is 0.383 e. The van der Waals surface area contributed by atoms with Gasteiger partial charge in [-0.05, 0) is 31.0 Å². The summed E-state index contributed by atoms with van der Waals surface area (Å²) in [5.74, 6) is 0.148. The summed E-state index contributed by atoms with van der Waals surface area (Å²) in [5.41, 5.74) is 0.891. The van der Waals surface area contributed by atoms with Crippen molar-refractivity contribution in [3.05, 3.63) is 29.8 Å². The van der Waals surface area contributed by atoms with Crippen molar-refractivity contribution in [2.75, 3.05) is 12.8 Å². The molecular weight excluding hydrogens is 326 g/mol. The van der Waals surface area contributed by atoms with E-state index in [9.17, 15) is 13.2 Å². The summed E-state index contributed by atoms with van der Waals surface area (Å²) >= 11 is 5.89. The minimum absolute atomic E-state index is 0.105. The normalized spacial score (nSPS) is 12.7. The smallest absolute Gasteiger partial charge is 0.306 e. The summed E-state index contributed by atoms with van der Waals surface area (Å²) in [4.78, 5) is 13.8. The Bertz CT molecular complexity index is 584. The molecule has 0 aliphatic rings. The lowest BCUT2D eigenvalue weighted by Crippen LogP contribution is -2.36. The summed E-state index contributed by atoms with van der Waals surface area (Å²) in [5, 5.41) is -0.565. The average molecular weight is 348 g/mol. The molecule has 22 heavy (non-hydrogen) atoms. The summed E-state index contributed by atoms with van der Waals surface area (Å²) in [7, 11) is -3.53. The quantitative estimate of drug-likeness (QED) is 0.536. The molecule has 0 saturated carbocycles. The number of alkyl halides is 1. The molecule has 1 aromatic carbocycles. The van der Waals surface area contributed by atoms with Gasteiger partial charge in [0, 0.05) is 13.1 Å². The van der Waals surface area contributed by atoms with E-state index in [-0.39, 0.29) is 11.7 Å². The first-order chi connectivity index (χ1) is 10.2. The summed E-state index contributed by atoms with van der Waals surface area (Å²) in [6.45, 7) is 4.80. The number of halogens is 1. The highest BCUT2D eigenvalue weighted by Gasteiger charge is 2.18. The Kier molecular flexibility index (Phi) is 7.16. The van der Waals surface area contributed by atoms with Gasteiger partial charge in [-0.1, -0.05) is 25.5 Å². The maximum atomic E-state index is 12.1. The standard InChI is InChI=1S/C15H22ClNO4S/c1-4-5-10-17(15(18)12(2)16)11-13-6-8-14(9-7-13)21-22(3,19)20/h6-9,12H,4-5,10-11H2,1-3H3. The van der Waals surface area contributed by atoms with Crippen molar-refractivity contribution in [1.82, 2.24) is 4.90 Å². The van der Waals surface area contributed by atoms with Gasteiger partial charge >= 0.3 is 10.1 Å². The zero-order chi connectivity index (χ0) is 16.8. The lowest BCUT2D eigenvalue weighted by atomic mass is 10.2. The number of carbonyl (C=O) groups is 1. The van der Waals surface area contributed by atoms with Gasteiger partial charge in [0.15, 0.2) is 0 Å². The second-order valence-electron chi connectivity index (χ2n) is 5.16. The molecule has 0 aliphatic carbocycles. The maximum Gasteiger partial charge on any atom is 0.306 e. The number of unbranched alkanes of at least 4 members (excludes halogenated alkanes) is 1. The molecule has 7 heteroatoms. The zero-order valence-electron chi connectivity index (χ0n) is 13.1. The van der Waals surface area contributed by atoms with Crippen molar-refractivity contribution >= 4 is 27.6 Å². The van der Waals surface area contributed by atoms with Crippen LogP contribution in [0.15, 0.2) is 24.3 Å². The van der Waals surface area contributed by atoms with Crippen LogP contribution in [-0.4, -0.2) is 37.4 Å². The lowest BCUT2D eigenvalue weighted by Gasteiger charge is -2.24. The van der Waals surface area contributed by atoms with E-state index in [1.165, 1.54) is 0 Å². The van der Waals surface area contributed by atoms with Gasteiger partial charge in [0.1, 0.15) is 11.1 Å². The van der Waals surface area contributed by atoms with Crippen molar-refractivity contribution < 1.29 is 17.4 Å². The topological polar surface area (TPSA) is 63.7 Å². The van der Waals surface area contributed by atoms with E-state index in [4.69, 9.17) is 15.8 Å². The highest BCUT2D eigenvalue weighted by atomic mass is 35.5. The molecule has 0 aliphatic heterocycles. The number of hydrogen-bond donors (Lipinski definition) is 0. The molecule has 0 spiro atoms. The second kappa shape index (κ2) is 8.39. The van der Waals surface area contributed by atoms with E-state index in [0.29, 0.717) is 13.1 Å². The molecule has 0 N–H and O–H groups in total. The minimum Gasteiger partial charge on any atom is -0.383 e.